The van der Waals surface area contributed by atoms with Crippen LogP contribution in [0.5, 0.6) is 0 Å². The van der Waals surface area contributed by atoms with Gasteiger partial charge in [-0.1, -0.05) is 0 Å². The molecule has 2 heterocycles. The molecule has 0 atom stereocenters. The van der Waals surface area contributed by atoms with E-state index in [1.165, 1.54) is 0 Å². The van der Waals surface area contributed by atoms with E-state index in [4.69, 9.17) is 0 Å². The highest BCUT2D eigenvalue weighted by molar-refractivity contribution is 5.04. The molecule has 0 N–H and O–H groups in total. The van der Waals surface area contributed by atoms with Crippen LogP contribution < -0.4 is 0 Å². The lowest BCUT2D eigenvalue weighted by Gasteiger charge is -2.30. The van der Waals surface area contributed by atoms with Crippen LogP contribution >= 0.6 is 0 Å². The van der Waals surface area contributed by atoms with E-state index in [2.05, 4.69) is 14.9 Å². The van der Waals surface area contributed by atoms with Crippen LogP contribution in [0.4, 0.5) is 4.39 Å². The molecule has 1 fully saturated rings. The van der Waals surface area contributed by atoms with Gasteiger partial charge in [-0.15, -0.1) is 0 Å². The average molecular weight is 223 g/mol. The Labute approximate surface area is 95.7 Å². The van der Waals surface area contributed by atoms with Gasteiger partial charge in [0, 0.05) is 24.5 Å². The molecule has 0 aliphatic carbocycles. The van der Waals surface area contributed by atoms with Crippen molar-refractivity contribution in [1.82, 2.24) is 14.9 Å². The van der Waals surface area contributed by atoms with Crippen LogP contribution in [0.15, 0.2) is 12.4 Å². The summed E-state index contributed by atoms with van der Waals surface area (Å²) in [6.45, 7) is 4.59. The van der Waals surface area contributed by atoms with Crippen molar-refractivity contribution in [2.75, 3.05) is 19.8 Å². The van der Waals surface area contributed by atoms with E-state index in [0.29, 0.717) is 0 Å². The summed E-state index contributed by atoms with van der Waals surface area (Å²) in [5.41, 5.74) is 1.14. The number of nitrogens with zero attached hydrogens (tertiary/aromatic N) is 3. The molecule has 0 radical (unpaired) electrons. The molecule has 1 saturated heterocycles. The summed E-state index contributed by atoms with van der Waals surface area (Å²) in [5.74, 6) is 1.09. The maximum atomic E-state index is 12.4. The van der Waals surface area contributed by atoms with Crippen LogP contribution in [-0.4, -0.2) is 34.6 Å². The molecule has 1 aromatic rings. The molecule has 16 heavy (non-hydrogen) atoms. The first kappa shape index (κ1) is 11.5. The summed E-state index contributed by atoms with van der Waals surface area (Å²) >= 11 is 0. The van der Waals surface area contributed by atoms with Gasteiger partial charge in [-0.05, 0) is 38.8 Å². The smallest absolute Gasteiger partial charge is 0.125 e. The van der Waals surface area contributed by atoms with Gasteiger partial charge in [0.2, 0.25) is 0 Å². The number of aryl methyl sites for hydroxylation is 1. The minimum atomic E-state index is -0.165. The van der Waals surface area contributed by atoms with E-state index in [1.54, 1.807) is 0 Å². The van der Waals surface area contributed by atoms with Crippen LogP contribution in [-0.2, 0) is 6.54 Å². The van der Waals surface area contributed by atoms with Gasteiger partial charge in [-0.2, -0.15) is 0 Å². The Morgan fingerprint density at radius 1 is 1.31 bits per heavy atom. The second-order valence-corrected chi connectivity index (χ2v) is 4.51. The Kier molecular flexibility index (Phi) is 3.83. The SMILES string of the molecule is Cc1ncc(CN2CCC(CF)CC2)cn1. The molecule has 0 saturated carbocycles. The second-order valence-electron chi connectivity index (χ2n) is 4.51. The summed E-state index contributed by atoms with van der Waals surface area (Å²) in [4.78, 5) is 10.7. The minimum absolute atomic E-state index is 0.165. The van der Waals surface area contributed by atoms with Crippen molar-refractivity contribution in [3.8, 4) is 0 Å². The Morgan fingerprint density at radius 3 is 2.50 bits per heavy atom. The van der Waals surface area contributed by atoms with E-state index < -0.39 is 0 Å². The van der Waals surface area contributed by atoms with Crippen molar-refractivity contribution in [3.05, 3.63) is 23.8 Å². The third kappa shape index (κ3) is 2.98. The lowest BCUT2D eigenvalue weighted by molar-refractivity contribution is 0.159. The maximum Gasteiger partial charge on any atom is 0.125 e. The number of aromatic nitrogens is 2. The number of rotatable bonds is 3. The molecule has 4 heteroatoms. The Bertz CT molecular complexity index is 318. The molecule has 0 unspecified atom stereocenters. The highest BCUT2D eigenvalue weighted by atomic mass is 19.1. The van der Waals surface area contributed by atoms with Crippen LogP contribution in [0.3, 0.4) is 0 Å². The predicted molar refractivity (Wildman–Crippen MR) is 60.7 cm³/mol. The fourth-order valence-corrected chi connectivity index (χ4v) is 2.06. The van der Waals surface area contributed by atoms with Gasteiger partial charge < -0.3 is 0 Å². The molecule has 0 spiro atoms. The summed E-state index contributed by atoms with van der Waals surface area (Å²) in [5, 5.41) is 0. The molecule has 1 aromatic heterocycles. The van der Waals surface area contributed by atoms with Crippen molar-refractivity contribution in [2.45, 2.75) is 26.3 Å². The number of hydrogen-bond donors (Lipinski definition) is 0. The average Bonchev–Trinajstić information content (AvgIpc) is 2.33. The normalized spacial score (nSPS) is 18.9. The van der Waals surface area contributed by atoms with E-state index in [9.17, 15) is 4.39 Å². The van der Waals surface area contributed by atoms with E-state index in [-0.39, 0.29) is 12.6 Å². The summed E-state index contributed by atoms with van der Waals surface area (Å²) in [6.07, 6.45) is 5.71. The lowest BCUT2D eigenvalue weighted by Crippen LogP contribution is -2.33. The topological polar surface area (TPSA) is 29.0 Å². The molecule has 0 bridgehead atoms. The first-order valence-corrected chi connectivity index (χ1v) is 5.84. The van der Waals surface area contributed by atoms with Crippen LogP contribution in [0.2, 0.25) is 0 Å². The first-order chi connectivity index (χ1) is 7.78. The minimum Gasteiger partial charge on any atom is -0.299 e. The molecule has 88 valence electrons. The van der Waals surface area contributed by atoms with Crippen molar-refractivity contribution >= 4 is 0 Å². The van der Waals surface area contributed by atoms with Gasteiger partial charge >= 0.3 is 0 Å². The fourth-order valence-electron chi connectivity index (χ4n) is 2.06. The zero-order valence-corrected chi connectivity index (χ0v) is 9.69. The monoisotopic (exact) mass is 223 g/mol. The molecule has 1 aliphatic heterocycles. The highest BCUT2D eigenvalue weighted by Gasteiger charge is 2.18. The number of likely N-dealkylation sites (tertiary alicyclic amines) is 1. The van der Waals surface area contributed by atoms with Gasteiger partial charge in [0.05, 0.1) is 6.67 Å². The number of halogens is 1. The Hall–Kier alpha value is -1.03. The Balaban J connectivity index is 1.84. The molecular weight excluding hydrogens is 205 g/mol. The molecule has 0 amide bonds. The standard InChI is InChI=1S/C12H18FN3/c1-10-14-7-12(8-15-10)9-16-4-2-11(6-13)3-5-16/h7-8,11H,2-6,9H2,1H3. The van der Waals surface area contributed by atoms with Gasteiger partial charge in [-0.3, -0.25) is 9.29 Å². The molecule has 0 aromatic carbocycles. The molecular formula is C12H18FN3. The molecule has 3 nitrogen and oxygen atoms in total. The number of hydrogen-bond acceptors (Lipinski definition) is 3. The van der Waals surface area contributed by atoms with Crippen molar-refractivity contribution in [2.24, 2.45) is 5.92 Å². The van der Waals surface area contributed by atoms with Gasteiger partial charge in [0.1, 0.15) is 5.82 Å². The zero-order chi connectivity index (χ0) is 11.4. The zero-order valence-electron chi connectivity index (χ0n) is 9.69. The van der Waals surface area contributed by atoms with Crippen molar-refractivity contribution < 1.29 is 4.39 Å². The van der Waals surface area contributed by atoms with E-state index in [0.717, 1.165) is 43.9 Å². The largest absolute Gasteiger partial charge is 0.299 e. The molecule has 2 rings (SSSR count). The fraction of sp³-hybridized carbons (Fsp3) is 0.667. The third-order valence-electron chi connectivity index (χ3n) is 3.17. The van der Waals surface area contributed by atoms with Gasteiger partial charge in [0.15, 0.2) is 0 Å². The predicted octanol–water partition coefficient (Wildman–Crippen LogP) is 1.97. The second kappa shape index (κ2) is 5.34. The highest BCUT2D eigenvalue weighted by Crippen LogP contribution is 2.18. The van der Waals surface area contributed by atoms with Crippen molar-refractivity contribution in [3.63, 3.8) is 0 Å². The Morgan fingerprint density at radius 2 is 1.94 bits per heavy atom. The quantitative estimate of drug-likeness (QED) is 0.784. The van der Waals surface area contributed by atoms with Crippen LogP contribution in [0, 0.1) is 12.8 Å². The number of alkyl halides is 1. The van der Waals surface area contributed by atoms with E-state index >= 15 is 0 Å². The first-order valence-electron chi connectivity index (χ1n) is 5.84. The summed E-state index contributed by atoms with van der Waals surface area (Å²) < 4.78 is 12.4. The summed E-state index contributed by atoms with van der Waals surface area (Å²) in [7, 11) is 0. The van der Waals surface area contributed by atoms with E-state index in [1.807, 2.05) is 19.3 Å². The van der Waals surface area contributed by atoms with Gasteiger partial charge in [0.25, 0.3) is 0 Å². The lowest BCUT2D eigenvalue weighted by atomic mass is 9.98. The van der Waals surface area contributed by atoms with Crippen molar-refractivity contribution in [1.29, 1.82) is 0 Å². The third-order valence-corrected chi connectivity index (χ3v) is 3.17. The van der Waals surface area contributed by atoms with Crippen LogP contribution in [0.1, 0.15) is 24.2 Å². The van der Waals surface area contributed by atoms with Crippen LogP contribution in [0.25, 0.3) is 0 Å². The van der Waals surface area contributed by atoms with Gasteiger partial charge in [-0.25, -0.2) is 9.97 Å². The summed E-state index contributed by atoms with van der Waals surface area (Å²) in [6, 6.07) is 0. The molecule has 1 aliphatic rings. The maximum absolute atomic E-state index is 12.4. The number of piperidine rings is 1.